The van der Waals surface area contributed by atoms with Gasteiger partial charge < -0.3 is 24.9 Å². The van der Waals surface area contributed by atoms with Crippen molar-refractivity contribution >= 4 is 23.3 Å². The van der Waals surface area contributed by atoms with E-state index in [0.29, 0.717) is 66.8 Å². The van der Waals surface area contributed by atoms with E-state index in [1.165, 1.54) is 12.6 Å². The van der Waals surface area contributed by atoms with Crippen molar-refractivity contribution in [1.82, 2.24) is 20.2 Å². The summed E-state index contributed by atoms with van der Waals surface area (Å²) in [5.41, 5.74) is 2.48. The number of halogens is 3. The van der Waals surface area contributed by atoms with Crippen LogP contribution in [0, 0.1) is 0 Å². The quantitative estimate of drug-likeness (QED) is 0.325. The Morgan fingerprint density at radius 3 is 2.90 bits per heavy atom. The van der Waals surface area contributed by atoms with Crippen LogP contribution in [0.25, 0.3) is 0 Å². The Bertz CT molecular complexity index is 1300. The van der Waals surface area contributed by atoms with Crippen molar-refractivity contribution < 1.29 is 27.8 Å². The van der Waals surface area contributed by atoms with Gasteiger partial charge in [0.05, 0.1) is 17.3 Å². The van der Waals surface area contributed by atoms with Crippen molar-refractivity contribution in [1.29, 1.82) is 0 Å². The van der Waals surface area contributed by atoms with Crippen molar-refractivity contribution in [3.8, 4) is 5.75 Å². The number of rotatable bonds is 10. The number of ether oxygens (including phenoxy) is 1. The second-order valence-electron chi connectivity index (χ2n) is 10.3. The fourth-order valence-corrected chi connectivity index (χ4v) is 5.43. The van der Waals surface area contributed by atoms with Crippen molar-refractivity contribution in [2.24, 2.45) is 0 Å². The zero-order valence-electron chi connectivity index (χ0n) is 21.9. The maximum Gasteiger partial charge on any atom is 0.251 e. The van der Waals surface area contributed by atoms with Gasteiger partial charge in [0, 0.05) is 56.8 Å². The molecule has 1 aromatic carbocycles. The number of carbonyl (C=O) groups is 1. The van der Waals surface area contributed by atoms with E-state index in [1.54, 1.807) is 18.3 Å². The molecule has 3 aromatic rings. The minimum atomic E-state index is -2.60. The minimum Gasteiger partial charge on any atom is -0.484 e. The molecule has 1 amide bonds. The third-order valence-corrected chi connectivity index (χ3v) is 7.70. The summed E-state index contributed by atoms with van der Waals surface area (Å²) in [5, 5.41) is 17.1. The topological polar surface area (TPSA) is 113 Å². The van der Waals surface area contributed by atoms with E-state index in [0.717, 1.165) is 11.1 Å². The highest BCUT2D eigenvalue weighted by atomic mass is 35.5. The van der Waals surface area contributed by atoms with Gasteiger partial charge in [-0.15, -0.1) is 0 Å². The van der Waals surface area contributed by atoms with Gasteiger partial charge in [0.1, 0.15) is 18.2 Å². The summed E-state index contributed by atoms with van der Waals surface area (Å²) in [7, 11) is 0. The maximum absolute atomic E-state index is 13.4. The van der Waals surface area contributed by atoms with Gasteiger partial charge in [0.2, 0.25) is 5.92 Å². The van der Waals surface area contributed by atoms with Crippen molar-refractivity contribution in [3.05, 3.63) is 70.5 Å². The van der Waals surface area contributed by atoms with Crippen molar-refractivity contribution in [2.45, 2.75) is 63.3 Å². The number of alkyl halides is 2. The molecule has 0 unspecified atom stereocenters. The number of aliphatic hydroxyl groups is 1. The monoisotopic (exact) mass is 575 g/mol. The van der Waals surface area contributed by atoms with Gasteiger partial charge in [-0.1, -0.05) is 17.7 Å². The summed E-state index contributed by atoms with van der Waals surface area (Å²) in [6, 6.07) is 6.89. The first kappa shape index (κ1) is 28.3. The molecule has 3 heterocycles. The fraction of sp³-hybridized carbons (Fsp3) is 0.464. The number of nitrogens with zero attached hydrogens (tertiary/aromatic N) is 3. The standard InChI is InChI=1S/C28H32ClF2N5O4/c29-26-23-6-10-36(14-19(23)1-2-24(26)39-16-22-13-32-17-40-22)15-21(37)12-34-27(38)18-5-9-33-25(11-18)35-20-3-7-28(30,31)8-4-20/h1-2,5,9,11,13,17,20-21,37H,3-4,6-8,10,12,14-16H2,(H,33,35)(H,34,38)/t21-/m0/s1. The molecule has 2 aromatic heterocycles. The Balaban J connectivity index is 1.08. The molecule has 0 bridgehead atoms. The number of benzene rings is 1. The van der Waals surface area contributed by atoms with Gasteiger partial charge in [-0.25, -0.2) is 18.7 Å². The number of aromatic nitrogens is 2. The predicted octanol–water partition coefficient (Wildman–Crippen LogP) is 4.44. The van der Waals surface area contributed by atoms with Crippen LogP contribution in [0.1, 0.15) is 52.9 Å². The van der Waals surface area contributed by atoms with Crippen LogP contribution < -0.4 is 15.4 Å². The molecule has 1 atom stereocenters. The second kappa shape index (κ2) is 12.5. The number of hydrogen-bond acceptors (Lipinski definition) is 8. The van der Waals surface area contributed by atoms with Gasteiger partial charge in [0.15, 0.2) is 12.2 Å². The summed E-state index contributed by atoms with van der Waals surface area (Å²) < 4.78 is 37.8. The van der Waals surface area contributed by atoms with Crippen LogP contribution in [0.15, 0.2) is 47.5 Å². The molecular formula is C28H32ClF2N5O4. The highest BCUT2D eigenvalue weighted by Crippen LogP contribution is 2.35. The number of aliphatic hydroxyl groups excluding tert-OH is 1. The van der Waals surface area contributed by atoms with Crippen LogP contribution >= 0.6 is 11.6 Å². The average molecular weight is 576 g/mol. The first-order chi connectivity index (χ1) is 19.3. The number of oxazole rings is 1. The van der Waals surface area contributed by atoms with Crippen molar-refractivity contribution in [3.63, 3.8) is 0 Å². The zero-order chi connectivity index (χ0) is 28.1. The predicted molar refractivity (Wildman–Crippen MR) is 145 cm³/mol. The Labute approximate surface area is 235 Å². The lowest BCUT2D eigenvalue weighted by Gasteiger charge is -2.31. The van der Waals surface area contributed by atoms with E-state index in [4.69, 9.17) is 20.8 Å². The van der Waals surface area contributed by atoms with Crippen LogP contribution in [0.2, 0.25) is 5.02 Å². The molecule has 5 rings (SSSR count). The second-order valence-corrected chi connectivity index (χ2v) is 10.7. The maximum atomic E-state index is 13.4. The molecule has 1 aliphatic heterocycles. The molecular weight excluding hydrogens is 544 g/mol. The lowest BCUT2D eigenvalue weighted by molar-refractivity contribution is -0.0361. The van der Waals surface area contributed by atoms with Crippen LogP contribution in [-0.4, -0.2) is 63.6 Å². The lowest BCUT2D eigenvalue weighted by atomic mass is 9.92. The molecule has 9 nitrogen and oxygen atoms in total. The summed E-state index contributed by atoms with van der Waals surface area (Å²) in [5.74, 6) is -1.27. The molecule has 1 saturated carbocycles. The molecule has 1 fully saturated rings. The normalized spacial score (nSPS) is 18.1. The van der Waals surface area contributed by atoms with Gasteiger partial charge in [0.25, 0.3) is 5.91 Å². The summed E-state index contributed by atoms with van der Waals surface area (Å²) >= 11 is 6.61. The smallest absolute Gasteiger partial charge is 0.251 e. The van der Waals surface area contributed by atoms with Gasteiger partial charge >= 0.3 is 0 Å². The molecule has 40 heavy (non-hydrogen) atoms. The first-order valence-corrected chi connectivity index (χ1v) is 13.7. The van der Waals surface area contributed by atoms with E-state index in [9.17, 15) is 18.7 Å². The Hall–Kier alpha value is -3.28. The molecule has 0 radical (unpaired) electrons. The van der Waals surface area contributed by atoms with Crippen LogP contribution in [0.4, 0.5) is 14.6 Å². The van der Waals surface area contributed by atoms with Crippen LogP contribution in [0.5, 0.6) is 5.75 Å². The number of β-amino-alcohol motifs (C(OH)–C–C–N with tert-alkyl or cyclic N) is 1. The summed E-state index contributed by atoms with van der Waals surface area (Å²) in [4.78, 5) is 22.9. The number of nitrogens with one attached hydrogen (secondary N) is 2. The highest BCUT2D eigenvalue weighted by Gasteiger charge is 2.35. The molecule has 1 aliphatic carbocycles. The van der Waals surface area contributed by atoms with Crippen LogP contribution in [0.3, 0.4) is 0 Å². The van der Waals surface area contributed by atoms with E-state index in [2.05, 4.69) is 25.5 Å². The van der Waals surface area contributed by atoms with Crippen molar-refractivity contribution in [2.75, 3.05) is 25.0 Å². The minimum absolute atomic E-state index is 0.0835. The van der Waals surface area contributed by atoms with E-state index in [1.807, 2.05) is 12.1 Å². The number of fused-ring (bicyclic) bond motifs is 1. The number of pyridine rings is 1. The number of carbonyl (C=O) groups excluding carboxylic acids is 1. The van der Waals surface area contributed by atoms with Gasteiger partial charge in [-0.2, -0.15) is 0 Å². The zero-order valence-corrected chi connectivity index (χ0v) is 22.7. The average Bonchev–Trinajstić information content (AvgIpc) is 3.46. The third-order valence-electron chi connectivity index (χ3n) is 7.29. The Morgan fingerprint density at radius 2 is 2.12 bits per heavy atom. The fourth-order valence-electron chi connectivity index (χ4n) is 5.10. The number of anilines is 1. The van der Waals surface area contributed by atoms with E-state index in [-0.39, 0.29) is 37.9 Å². The molecule has 3 N–H and O–H groups in total. The third kappa shape index (κ3) is 7.26. The Kier molecular flexibility index (Phi) is 8.82. The molecule has 12 heteroatoms. The Morgan fingerprint density at radius 1 is 1.30 bits per heavy atom. The van der Waals surface area contributed by atoms with Gasteiger partial charge in [-0.05, 0) is 48.6 Å². The molecule has 2 aliphatic rings. The largest absolute Gasteiger partial charge is 0.484 e. The molecule has 214 valence electrons. The SMILES string of the molecule is O=C(NC[C@H](O)CN1CCc2c(ccc(OCc3cnco3)c2Cl)C1)c1ccnc(NC2CCC(F)(F)CC2)c1. The first-order valence-electron chi connectivity index (χ1n) is 13.4. The van der Waals surface area contributed by atoms with Crippen LogP contribution in [-0.2, 0) is 19.6 Å². The lowest BCUT2D eigenvalue weighted by Crippen LogP contribution is -2.42. The number of hydrogen-bond donors (Lipinski definition) is 3. The summed E-state index contributed by atoms with van der Waals surface area (Å²) in [6.07, 6.45) is 4.78. The highest BCUT2D eigenvalue weighted by molar-refractivity contribution is 6.33. The summed E-state index contributed by atoms with van der Waals surface area (Å²) in [6.45, 7) is 2.03. The van der Waals surface area contributed by atoms with E-state index < -0.39 is 12.0 Å². The van der Waals surface area contributed by atoms with Gasteiger partial charge in [-0.3, -0.25) is 9.69 Å². The molecule has 0 spiro atoms. The van der Waals surface area contributed by atoms with E-state index >= 15 is 0 Å². The number of amides is 1. The molecule has 0 saturated heterocycles.